The number of nitrogens with zero attached hydrogens (tertiary/aromatic N) is 1. The molecule has 1 aromatic rings. The van der Waals surface area contributed by atoms with Crippen molar-refractivity contribution < 1.29 is 33.6 Å². The number of hydrogen-bond acceptors (Lipinski definition) is 10. The van der Waals surface area contributed by atoms with E-state index >= 15 is 0 Å². The van der Waals surface area contributed by atoms with Gasteiger partial charge in [-0.05, 0) is 56.6 Å². The lowest BCUT2D eigenvalue weighted by Crippen LogP contribution is -2.59. The van der Waals surface area contributed by atoms with Crippen molar-refractivity contribution >= 4 is 47.3 Å². The average molecular weight is 747 g/mol. The first kappa shape index (κ1) is 45.7. The molecular formula is C34H58N12O7. The molecule has 0 aromatic heterocycles. The Morgan fingerprint density at radius 3 is 1.79 bits per heavy atom. The van der Waals surface area contributed by atoms with Gasteiger partial charge in [0.15, 0.2) is 5.96 Å². The SMILES string of the molecule is CC(C)C[C@H](NC(=O)[C@H](CCC(N)=O)NC(=O)[C@H](CCCN=C(N)N)NC(=O)[C@@H](N)CCCCN)C(=O)N[C@@H](Cc1ccccc1)C(=O)NCC(N)=O. The second-order valence-corrected chi connectivity index (χ2v) is 13.1. The van der Waals surface area contributed by atoms with Gasteiger partial charge in [0.1, 0.15) is 24.2 Å². The summed E-state index contributed by atoms with van der Waals surface area (Å²) in [5, 5.41) is 12.9. The molecule has 0 radical (unpaired) electrons. The van der Waals surface area contributed by atoms with E-state index in [4.69, 9.17) is 34.4 Å². The van der Waals surface area contributed by atoms with E-state index in [1.807, 2.05) is 13.8 Å². The molecule has 0 unspecified atom stereocenters. The Morgan fingerprint density at radius 2 is 1.23 bits per heavy atom. The molecule has 0 bridgehead atoms. The zero-order valence-electron chi connectivity index (χ0n) is 30.6. The maximum Gasteiger partial charge on any atom is 0.243 e. The molecule has 1 aromatic carbocycles. The van der Waals surface area contributed by atoms with Crippen LogP contribution in [0.5, 0.6) is 0 Å². The molecule has 1 rings (SSSR count). The first-order valence-corrected chi connectivity index (χ1v) is 17.6. The van der Waals surface area contributed by atoms with Crippen molar-refractivity contribution in [3.63, 3.8) is 0 Å². The molecule has 0 fully saturated rings. The first-order valence-electron chi connectivity index (χ1n) is 17.6. The number of nitrogens with two attached hydrogens (primary N) is 6. The van der Waals surface area contributed by atoms with E-state index in [2.05, 4.69) is 31.6 Å². The minimum atomic E-state index is -1.37. The Balaban J connectivity index is 3.29. The second-order valence-electron chi connectivity index (χ2n) is 13.1. The van der Waals surface area contributed by atoms with Crippen LogP contribution in [0.4, 0.5) is 0 Å². The predicted octanol–water partition coefficient (Wildman–Crippen LogP) is -3.41. The molecule has 0 aliphatic carbocycles. The van der Waals surface area contributed by atoms with Crippen LogP contribution in [0.15, 0.2) is 35.3 Å². The number of amides is 7. The number of guanidine groups is 1. The predicted molar refractivity (Wildman–Crippen MR) is 199 cm³/mol. The van der Waals surface area contributed by atoms with E-state index < -0.39 is 78.1 Å². The van der Waals surface area contributed by atoms with Crippen LogP contribution in [0, 0.1) is 5.92 Å². The van der Waals surface area contributed by atoms with Crippen molar-refractivity contribution in [3.05, 3.63) is 35.9 Å². The van der Waals surface area contributed by atoms with Crippen LogP contribution < -0.4 is 61.0 Å². The van der Waals surface area contributed by atoms with Crippen molar-refractivity contribution in [2.75, 3.05) is 19.6 Å². The van der Waals surface area contributed by atoms with Crippen molar-refractivity contribution in [2.45, 2.75) is 102 Å². The largest absolute Gasteiger partial charge is 0.370 e. The van der Waals surface area contributed by atoms with Gasteiger partial charge in [-0.15, -0.1) is 0 Å². The minimum absolute atomic E-state index is 0.0593. The lowest BCUT2D eigenvalue weighted by molar-refractivity contribution is -0.135. The molecule has 0 spiro atoms. The molecule has 0 aliphatic rings. The van der Waals surface area contributed by atoms with Crippen LogP contribution >= 0.6 is 0 Å². The van der Waals surface area contributed by atoms with Gasteiger partial charge in [-0.2, -0.15) is 0 Å². The summed E-state index contributed by atoms with van der Waals surface area (Å²) in [6.07, 6.45) is 1.56. The van der Waals surface area contributed by atoms with Crippen LogP contribution in [0.2, 0.25) is 0 Å². The summed E-state index contributed by atoms with van der Waals surface area (Å²) in [7, 11) is 0. The second kappa shape index (κ2) is 24.8. The third-order valence-electron chi connectivity index (χ3n) is 7.89. The van der Waals surface area contributed by atoms with Gasteiger partial charge in [0.25, 0.3) is 0 Å². The molecule has 19 heteroatoms. The Bertz CT molecular complexity index is 1390. The van der Waals surface area contributed by atoms with E-state index in [9.17, 15) is 33.6 Å². The fraction of sp³-hybridized carbons (Fsp3) is 0.588. The normalized spacial score (nSPS) is 13.7. The van der Waals surface area contributed by atoms with Gasteiger partial charge in [-0.1, -0.05) is 50.6 Å². The number of carbonyl (C=O) groups is 7. The van der Waals surface area contributed by atoms with Gasteiger partial charge < -0.3 is 61.0 Å². The number of rotatable bonds is 26. The van der Waals surface area contributed by atoms with E-state index in [1.165, 1.54) is 0 Å². The van der Waals surface area contributed by atoms with Gasteiger partial charge in [0.2, 0.25) is 41.4 Å². The number of nitrogens with one attached hydrogen (secondary N) is 5. The summed E-state index contributed by atoms with van der Waals surface area (Å²) in [5.74, 6) is -5.37. The summed E-state index contributed by atoms with van der Waals surface area (Å²) < 4.78 is 0. The zero-order valence-corrected chi connectivity index (χ0v) is 30.6. The molecule has 0 saturated heterocycles. The fourth-order valence-electron chi connectivity index (χ4n) is 5.12. The maximum atomic E-state index is 13.8. The van der Waals surface area contributed by atoms with Crippen LogP contribution in [0.3, 0.4) is 0 Å². The van der Waals surface area contributed by atoms with E-state index in [0.29, 0.717) is 31.4 Å². The molecular weight excluding hydrogens is 688 g/mol. The third kappa shape index (κ3) is 19.8. The number of hydrogen-bond donors (Lipinski definition) is 11. The van der Waals surface area contributed by atoms with Gasteiger partial charge in [0, 0.05) is 19.4 Å². The third-order valence-corrected chi connectivity index (χ3v) is 7.89. The number of primary amides is 2. The fourth-order valence-corrected chi connectivity index (χ4v) is 5.12. The van der Waals surface area contributed by atoms with Gasteiger partial charge >= 0.3 is 0 Å². The van der Waals surface area contributed by atoms with Gasteiger partial charge in [0.05, 0.1) is 12.6 Å². The molecule has 19 nitrogen and oxygen atoms in total. The van der Waals surface area contributed by atoms with E-state index in [-0.39, 0.29) is 56.9 Å². The summed E-state index contributed by atoms with van der Waals surface area (Å²) in [6.45, 7) is 3.75. The highest BCUT2D eigenvalue weighted by Crippen LogP contribution is 2.10. The molecule has 7 amide bonds. The molecule has 0 saturated carbocycles. The highest BCUT2D eigenvalue weighted by atomic mass is 16.2. The molecule has 296 valence electrons. The van der Waals surface area contributed by atoms with Crippen LogP contribution in [-0.4, -0.2) is 97.2 Å². The topological polar surface area (TPSA) is 348 Å². The molecule has 5 atom stereocenters. The summed E-state index contributed by atoms with van der Waals surface area (Å²) in [5.41, 5.74) is 33.6. The number of carbonyl (C=O) groups excluding carboxylic acids is 7. The smallest absolute Gasteiger partial charge is 0.243 e. The Kier molecular flexibility index (Phi) is 21.4. The molecule has 0 aliphatic heterocycles. The van der Waals surface area contributed by atoms with E-state index in [1.54, 1.807) is 30.3 Å². The number of benzene rings is 1. The Hall–Kier alpha value is -5.30. The zero-order chi connectivity index (χ0) is 39.9. The molecule has 53 heavy (non-hydrogen) atoms. The highest BCUT2D eigenvalue weighted by Gasteiger charge is 2.32. The highest BCUT2D eigenvalue weighted by molar-refractivity contribution is 5.96. The average Bonchev–Trinajstić information content (AvgIpc) is 3.09. The van der Waals surface area contributed by atoms with Crippen molar-refractivity contribution in [1.29, 1.82) is 0 Å². The lowest BCUT2D eigenvalue weighted by atomic mass is 10.00. The van der Waals surface area contributed by atoms with Crippen molar-refractivity contribution in [3.8, 4) is 0 Å². The monoisotopic (exact) mass is 746 g/mol. The van der Waals surface area contributed by atoms with Crippen molar-refractivity contribution in [2.24, 2.45) is 45.3 Å². The van der Waals surface area contributed by atoms with E-state index in [0.717, 1.165) is 0 Å². The van der Waals surface area contributed by atoms with Crippen LogP contribution in [-0.2, 0) is 40.0 Å². The quantitative estimate of drug-likeness (QED) is 0.0252. The summed E-state index contributed by atoms with van der Waals surface area (Å²) in [6, 6.07) is 3.01. The van der Waals surface area contributed by atoms with Gasteiger partial charge in [-0.25, -0.2) is 0 Å². The standard InChI is InChI=1S/C34H58N12O7/c1-20(2)17-25(33(53)46-26(30(50)42-19-28(38)48)18-21-9-4-3-5-10-21)45-32(52)24(13-14-27(37)47)44-31(51)23(12-8-16-41-34(39)40)43-29(49)22(36)11-6-7-15-35/h3-5,9-10,20,22-26H,6-8,11-19,35-36H2,1-2H3,(H2,37,47)(H2,38,48)(H,42,50)(H,43,49)(H,44,51)(H,45,52)(H,46,53)(H4,39,40,41)/t22-,23-,24-,25-,26-/m0/s1. The number of aliphatic imine (C=N–C) groups is 1. The molecule has 17 N–H and O–H groups in total. The Morgan fingerprint density at radius 1 is 0.660 bits per heavy atom. The summed E-state index contributed by atoms with van der Waals surface area (Å²) in [4.78, 5) is 94.0. The lowest BCUT2D eigenvalue weighted by Gasteiger charge is -2.27. The first-order chi connectivity index (χ1) is 25.0. The van der Waals surface area contributed by atoms with Crippen LogP contribution in [0.1, 0.15) is 70.8 Å². The minimum Gasteiger partial charge on any atom is -0.370 e. The number of unbranched alkanes of at least 4 members (excludes halogenated alkanes) is 1. The summed E-state index contributed by atoms with van der Waals surface area (Å²) >= 11 is 0. The maximum absolute atomic E-state index is 13.8. The van der Waals surface area contributed by atoms with Crippen LogP contribution in [0.25, 0.3) is 0 Å². The molecule has 0 heterocycles. The van der Waals surface area contributed by atoms with Gasteiger partial charge in [-0.3, -0.25) is 38.6 Å². The van der Waals surface area contributed by atoms with Crippen molar-refractivity contribution in [1.82, 2.24) is 26.6 Å². The Labute approximate surface area is 309 Å².